The zero-order valence-corrected chi connectivity index (χ0v) is 20.5. The van der Waals surface area contributed by atoms with Crippen LogP contribution in [-0.4, -0.2) is 41.4 Å². The fourth-order valence-corrected chi connectivity index (χ4v) is 4.42. The Labute approximate surface area is 197 Å². The third kappa shape index (κ3) is 6.34. The number of anilines is 1. The molecular formula is C22H27N5O4S2. The van der Waals surface area contributed by atoms with Gasteiger partial charge in [0.15, 0.2) is 11.0 Å². The van der Waals surface area contributed by atoms with Crippen molar-refractivity contribution in [3.8, 4) is 17.1 Å². The smallest absolute Gasteiger partial charge is 0.238 e. The summed E-state index contributed by atoms with van der Waals surface area (Å²) in [5, 5.41) is 16.8. The van der Waals surface area contributed by atoms with E-state index in [4.69, 9.17) is 9.88 Å². The number of methoxy groups -OCH3 is 1. The molecule has 1 heterocycles. The van der Waals surface area contributed by atoms with Crippen molar-refractivity contribution < 1.29 is 17.9 Å². The molecule has 9 nitrogen and oxygen atoms in total. The summed E-state index contributed by atoms with van der Waals surface area (Å²) in [6.07, 6.45) is 0. The normalized spacial score (nSPS) is 12.5. The highest BCUT2D eigenvalue weighted by molar-refractivity contribution is 8.00. The summed E-state index contributed by atoms with van der Waals surface area (Å²) in [4.78, 5) is 12.7. The van der Waals surface area contributed by atoms with Crippen molar-refractivity contribution in [2.75, 3.05) is 12.4 Å². The zero-order chi connectivity index (χ0) is 24.2. The van der Waals surface area contributed by atoms with Gasteiger partial charge in [0, 0.05) is 17.8 Å². The van der Waals surface area contributed by atoms with Gasteiger partial charge >= 0.3 is 0 Å². The number of nitrogens with one attached hydrogen (secondary N) is 1. The number of amides is 1. The predicted molar refractivity (Wildman–Crippen MR) is 129 cm³/mol. The van der Waals surface area contributed by atoms with E-state index in [1.807, 2.05) is 28.8 Å². The third-order valence-corrected chi connectivity index (χ3v) is 6.72. The molecule has 0 aliphatic carbocycles. The maximum atomic E-state index is 12.7. The number of nitrogens with zero attached hydrogens (tertiary/aromatic N) is 3. The summed E-state index contributed by atoms with van der Waals surface area (Å²) >= 11 is 1.31. The topological polar surface area (TPSA) is 129 Å². The Balaban J connectivity index is 1.77. The largest absolute Gasteiger partial charge is 0.497 e. The molecule has 33 heavy (non-hydrogen) atoms. The Kier molecular flexibility index (Phi) is 7.77. The lowest BCUT2D eigenvalue weighted by Crippen LogP contribution is -2.23. The Bertz CT molecular complexity index is 1210. The van der Waals surface area contributed by atoms with Crippen LogP contribution >= 0.6 is 11.8 Å². The van der Waals surface area contributed by atoms with Gasteiger partial charge in [-0.2, -0.15) is 0 Å². The van der Waals surface area contributed by atoms with Crippen LogP contribution in [0.3, 0.4) is 0 Å². The van der Waals surface area contributed by atoms with Crippen molar-refractivity contribution in [2.45, 2.75) is 42.6 Å². The van der Waals surface area contributed by atoms with E-state index in [9.17, 15) is 13.2 Å². The SMILES string of the molecule is COc1ccc(-c2nnc(S[C@@H](C)C(=O)Nc3ccc(S(N)(=O)=O)cc3)n2CC(C)C)cc1. The molecule has 0 aliphatic rings. The van der Waals surface area contributed by atoms with E-state index in [0.29, 0.717) is 23.3 Å². The number of hydrogen-bond acceptors (Lipinski definition) is 7. The number of hydrogen-bond donors (Lipinski definition) is 2. The summed E-state index contributed by atoms with van der Waals surface area (Å²) < 4.78 is 30.0. The molecule has 0 saturated heterocycles. The minimum absolute atomic E-state index is 0.0178. The molecule has 0 aliphatic heterocycles. The molecule has 3 aromatic rings. The van der Waals surface area contributed by atoms with Gasteiger partial charge in [0.05, 0.1) is 17.3 Å². The number of thioether (sulfide) groups is 1. The lowest BCUT2D eigenvalue weighted by molar-refractivity contribution is -0.115. The summed E-state index contributed by atoms with van der Waals surface area (Å²) in [7, 11) is -2.17. The minimum atomic E-state index is -3.79. The Morgan fingerprint density at radius 3 is 2.27 bits per heavy atom. The van der Waals surface area contributed by atoms with Crippen molar-refractivity contribution in [1.29, 1.82) is 0 Å². The molecule has 0 fully saturated rings. The van der Waals surface area contributed by atoms with Crippen LogP contribution in [0.2, 0.25) is 0 Å². The zero-order valence-electron chi connectivity index (χ0n) is 18.8. The highest BCUT2D eigenvalue weighted by atomic mass is 32.2. The number of primary sulfonamides is 1. The number of carbonyl (C=O) groups is 1. The van der Waals surface area contributed by atoms with E-state index in [2.05, 4.69) is 29.4 Å². The molecular weight excluding hydrogens is 462 g/mol. The molecule has 0 unspecified atom stereocenters. The van der Waals surface area contributed by atoms with Gasteiger partial charge in [-0.1, -0.05) is 25.6 Å². The first-order chi connectivity index (χ1) is 15.6. The molecule has 3 N–H and O–H groups in total. The van der Waals surface area contributed by atoms with Crippen LogP contribution in [0.1, 0.15) is 20.8 Å². The second kappa shape index (κ2) is 10.4. The first-order valence-electron chi connectivity index (χ1n) is 10.3. The molecule has 2 aromatic carbocycles. The maximum Gasteiger partial charge on any atom is 0.238 e. The fourth-order valence-electron chi connectivity index (χ4n) is 3.04. The summed E-state index contributed by atoms with van der Waals surface area (Å²) in [5.74, 6) is 1.58. The average Bonchev–Trinajstić information content (AvgIpc) is 3.14. The van der Waals surface area contributed by atoms with Crippen LogP contribution in [0.25, 0.3) is 11.4 Å². The summed E-state index contributed by atoms with van der Waals surface area (Å²) in [5.41, 5.74) is 1.38. The number of ether oxygens (including phenoxy) is 1. The second-order valence-corrected chi connectivity index (χ2v) is 10.7. The van der Waals surface area contributed by atoms with Gasteiger partial charge < -0.3 is 14.6 Å². The number of sulfonamides is 1. The van der Waals surface area contributed by atoms with Gasteiger partial charge in [-0.15, -0.1) is 10.2 Å². The molecule has 0 radical (unpaired) electrons. The van der Waals surface area contributed by atoms with Gasteiger partial charge in [-0.05, 0) is 61.4 Å². The highest BCUT2D eigenvalue weighted by Gasteiger charge is 2.22. The standard InChI is InChI=1S/C22H27N5O4S2/c1-14(2)13-27-20(16-5-9-18(31-4)10-6-16)25-26-22(27)32-15(3)21(28)24-17-7-11-19(12-8-17)33(23,29)30/h5-12,14-15H,13H2,1-4H3,(H,24,28)(H2,23,29,30)/t15-/m0/s1. The molecule has 11 heteroatoms. The van der Waals surface area contributed by atoms with Crippen molar-refractivity contribution >= 4 is 33.4 Å². The Hall–Kier alpha value is -2.89. The monoisotopic (exact) mass is 489 g/mol. The number of aromatic nitrogens is 3. The molecule has 176 valence electrons. The number of nitrogens with two attached hydrogens (primary N) is 1. The van der Waals surface area contributed by atoms with Crippen molar-refractivity contribution in [3.63, 3.8) is 0 Å². The Morgan fingerprint density at radius 2 is 1.73 bits per heavy atom. The average molecular weight is 490 g/mol. The summed E-state index contributed by atoms with van der Waals surface area (Å²) in [6, 6.07) is 13.3. The van der Waals surface area contributed by atoms with Crippen LogP contribution in [0, 0.1) is 5.92 Å². The van der Waals surface area contributed by atoms with Crippen LogP contribution in [0.4, 0.5) is 5.69 Å². The van der Waals surface area contributed by atoms with E-state index >= 15 is 0 Å². The van der Waals surface area contributed by atoms with Gasteiger partial charge in [0.1, 0.15) is 5.75 Å². The minimum Gasteiger partial charge on any atom is -0.497 e. The van der Waals surface area contributed by atoms with E-state index in [0.717, 1.165) is 17.1 Å². The lowest BCUT2D eigenvalue weighted by atomic mass is 10.2. The fraction of sp³-hybridized carbons (Fsp3) is 0.318. The van der Waals surface area contributed by atoms with Gasteiger partial charge in [0.25, 0.3) is 0 Å². The number of rotatable bonds is 9. The molecule has 3 rings (SSSR count). The van der Waals surface area contributed by atoms with Gasteiger partial charge in [-0.25, -0.2) is 13.6 Å². The molecule has 1 atom stereocenters. The van der Waals surface area contributed by atoms with Crippen molar-refractivity contribution in [1.82, 2.24) is 14.8 Å². The van der Waals surface area contributed by atoms with E-state index in [-0.39, 0.29) is 10.8 Å². The third-order valence-electron chi connectivity index (χ3n) is 4.71. The summed E-state index contributed by atoms with van der Waals surface area (Å²) in [6.45, 7) is 6.68. The maximum absolute atomic E-state index is 12.7. The molecule has 0 spiro atoms. The highest BCUT2D eigenvalue weighted by Crippen LogP contribution is 2.29. The second-order valence-electron chi connectivity index (χ2n) is 7.86. The van der Waals surface area contributed by atoms with Crippen LogP contribution in [0.5, 0.6) is 5.75 Å². The van der Waals surface area contributed by atoms with Crippen molar-refractivity contribution in [2.24, 2.45) is 11.1 Å². The lowest BCUT2D eigenvalue weighted by Gasteiger charge is -2.15. The first-order valence-corrected chi connectivity index (χ1v) is 12.7. The number of benzene rings is 2. The van der Waals surface area contributed by atoms with Crippen LogP contribution < -0.4 is 15.2 Å². The molecule has 0 bridgehead atoms. The van der Waals surface area contributed by atoms with E-state index in [1.54, 1.807) is 14.0 Å². The van der Waals surface area contributed by atoms with Gasteiger partial charge in [0.2, 0.25) is 15.9 Å². The molecule has 1 amide bonds. The first kappa shape index (κ1) is 24.7. The number of carbonyl (C=O) groups excluding carboxylic acids is 1. The quantitative estimate of drug-likeness (QED) is 0.441. The van der Waals surface area contributed by atoms with E-state index in [1.165, 1.54) is 36.0 Å². The predicted octanol–water partition coefficient (Wildman–Crippen LogP) is 3.38. The van der Waals surface area contributed by atoms with Crippen LogP contribution in [-0.2, 0) is 21.4 Å². The molecule has 1 aromatic heterocycles. The van der Waals surface area contributed by atoms with Gasteiger partial charge in [-0.3, -0.25) is 4.79 Å². The van der Waals surface area contributed by atoms with E-state index < -0.39 is 15.3 Å². The van der Waals surface area contributed by atoms with Crippen molar-refractivity contribution in [3.05, 3.63) is 48.5 Å². The Morgan fingerprint density at radius 1 is 1.09 bits per heavy atom. The van der Waals surface area contributed by atoms with Crippen LogP contribution in [0.15, 0.2) is 58.6 Å². The molecule has 0 saturated carbocycles.